The quantitative estimate of drug-likeness (QED) is 0.836. The normalized spacial score (nSPS) is 12.8. The van der Waals surface area contributed by atoms with E-state index in [1.807, 2.05) is 6.92 Å². The Morgan fingerprint density at radius 1 is 1.35 bits per heavy atom. The van der Waals surface area contributed by atoms with Gasteiger partial charge in [0.1, 0.15) is 13.2 Å². The highest BCUT2D eigenvalue weighted by Crippen LogP contribution is 2.31. The second kappa shape index (κ2) is 6.56. The number of fused-ring (bicyclic) bond motifs is 1. The molecular weight excluding hydrogens is 276 g/mol. The highest BCUT2D eigenvalue weighted by Gasteiger charge is 2.19. The van der Waals surface area contributed by atoms with Gasteiger partial charge < -0.3 is 20.1 Å². The maximum absolute atomic E-state index is 12.5. The molecule has 108 valence electrons. The summed E-state index contributed by atoms with van der Waals surface area (Å²) < 4.78 is 10.9. The van der Waals surface area contributed by atoms with Gasteiger partial charge in [-0.3, -0.25) is 4.79 Å². The van der Waals surface area contributed by atoms with Crippen LogP contribution in [0, 0.1) is 0 Å². The summed E-state index contributed by atoms with van der Waals surface area (Å²) in [5, 5.41) is 0. The van der Waals surface area contributed by atoms with E-state index in [0.29, 0.717) is 41.8 Å². The van der Waals surface area contributed by atoms with Crippen LogP contribution in [0.25, 0.3) is 0 Å². The van der Waals surface area contributed by atoms with Gasteiger partial charge in [-0.2, -0.15) is 0 Å². The predicted octanol–water partition coefficient (Wildman–Crippen LogP) is 1.60. The molecule has 0 spiro atoms. The first-order valence-electron chi connectivity index (χ1n) is 6.59. The van der Waals surface area contributed by atoms with Crippen LogP contribution in [0.15, 0.2) is 18.2 Å². The average molecular weight is 294 g/mol. The van der Waals surface area contributed by atoms with Crippen molar-refractivity contribution >= 4 is 23.1 Å². The first-order valence-corrected chi connectivity index (χ1v) is 7.00. The summed E-state index contributed by atoms with van der Waals surface area (Å²) in [7, 11) is 0. The van der Waals surface area contributed by atoms with Gasteiger partial charge in [0.2, 0.25) is 0 Å². The van der Waals surface area contributed by atoms with Crippen LogP contribution in [-0.2, 0) is 0 Å². The van der Waals surface area contributed by atoms with Crippen LogP contribution in [-0.4, -0.2) is 42.1 Å². The molecule has 1 aromatic rings. The number of nitrogens with two attached hydrogens (primary N) is 1. The second-order valence-corrected chi connectivity index (χ2v) is 5.08. The van der Waals surface area contributed by atoms with E-state index < -0.39 is 0 Å². The van der Waals surface area contributed by atoms with E-state index in [9.17, 15) is 4.79 Å². The maximum Gasteiger partial charge on any atom is 0.254 e. The topological polar surface area (TPSA) is 64.8 Å². The number of carbonyl (C=O) groups is 1. The number of benzene rings is 1. The van der Waals surface area contributed by atoms with E-state index in [1.54, 1.807) is 23.1 Å². The molecule has 2 N–H and O–H groups in total. The van der Waals surface area contributed by atoms with Crippen LogP contribution in [0.5, 0.6) is 11.5 Å². The van der Waals surface area contributed by atoms with E-state index in [-0.39, 0.29) is 12.5 Å². The molecule has 0 atom stereocenters. The van der Waals surface area contributed by atoms with Gasteiger partial charge in [-0.1, -0.05) is 19.1 Å². The number of ether oxygens (including phenoxy) is 2. The van der Waals surface area contributed by atoms with Crippen molar-refractivity contribution in [3.63, 3.8) is 0 Å². The molecule has 1 amide bonds. The van der Waals surface area contributed by atoms with Crippen molar-refractivity contribution in [3.8, 4) is 11.5 Å². The van der Waals surface area contributed by atoms with E-state index in [0.717, 1.165) is 6.42 Å². The van der Waals surface area contributed by atoms with E-state index in [2.05, 4.69) is 0 Å². The number of hydrogen-bond acceptors (Lipinski definition) is 4. The number of nitrogens with zero attached hydrogens (tertiary/aromatic N) is 1. The van der Waals surface area contributed by atoms with E-state index in [4.69, 9.17) is 27.4 Å². The first kappa shape index (κ1) is 14.6. The standard InChI is InChI=1S/C14H18N2O3S/c1-2-5-16(9-13(15)20)14(17)10-3-4-11-12(8-10)19-7-6-18-11/h3-4,8H,2,5-7,9H2,1H3,(H2,15,20). The number of carbonyl (C=O) groups excluding carboxylic acids is 1. The fourth-order valence-corrected chi connectivity index (χ4v) is 2.23. The maximum atomic E-state index is 12.5. The third kappa shape index (κ3) is 3.39. The number of hydrogen-bond donors (Lipinski definition) is 1. The Morgan fingerprint density at radius 3 is 2.70 bits per heavy atom. The summed E-state index contributed by atoms with van der Waals surface area (Å²) in [4.78, 5) is 14.4. The van der Waals surface area contributed by atoms with Crippen molar-refractivity contribution in [2.24, 2.45) is 5.73 Å². The van der Waals surface area contributed by atoms with Gasteiger partial charge in [0.15, 0.2) is 11.5 Å². The molecule has 1 aliphatic heterocycles. The molecule has 6 heteroatoms. The Kier molecular flexibility index (Phi) is 4.79. The zero-order valence-corrected chi connectivity index (χ0v) is 12.2. The first-order chi connectivity index (χ1) is 9.61. The summed E-state index contributed by atoms with van der Waals surface area (Å²) >= 11 is 4.89. The van der Waals surface area contributed by atoms with Crippen LogP contribution >= 0.6 is 12.2 Å². The Morgan fingerprint density at radius 2 is 2.05 bits per heavy atom. The zero-order valence-electron chi connectivity index (χ0n) is 11.4. The van der Waals surface area contributed by atoms with Crippen molar-refractivity contribution in [2.75, 3.05) is 26.3 Å². The molecule has 1 aromatic carbocycles. The predicted molar refractivity (Wildman–Crippen MR) is 80.4 cm³/mol. The van der Waals surface area contributed by atoms with Crippen molar-refractivity contribution in [1.29, 1.82) is 0 Å². The molecule has 0 radical (unpaired) electrons. The lowest BCUT2D eigenvalue weighted by molar-refractivity contribution is 0.0779. The molecule has 0 fully saturated rings. The van der Waals surface area contributed by atoms with Crippen LogP contribution in [0.4, 0.5) is 0 Å². The molecule has 0 saturated heterocycles. The molecule has 20 heavy (non-hydrogen) atoms. The largest absolute Gasteiger partial charge is 0.486 e. The number of thiocarbonyl (C=S) groups is 1. The van der Waals surface area contributed by atoms with Gasteiger partial charge in [0.05, 0.1) is 11.5 Å². The van der Waals surface area contributed by atoms with Gasteiger partial charge in [-0.25, -0.2) is 0 Å². The molecule has 1 heterocycles. The monoisotopic (exact) mass is 294 g/mol. The molecule has 0 saturated carbocycles. The summed E-state index contributed by atoms with van der Waals surface area (Å²) in [5.74, 6) is 1.18. The van der Waals surface area contributed by atoms with Crippen LogP contribution < -0.4 is 15.2 Å². The lowest BCUT2D eigenvalue weighted by Crippen LogP contribution is -2.38. The van der Waals surface area contributed by atoms with Gasteiger partial charge in [-0.15, -0.1) is 0 Å². The summed E-state index contributed by atoms with van der Waals surface area (Å²) in [5.41, 5.74) is 6.10. The highest BCUT2D eigenvalue weighted by molar-refractivity contribution is 7.80. The summed E-state index contributed by atoms with van der Waals surface area (Å²) in [6.45, 7) is 3.94. The SMILES string of the molecule is CCCN(CC(N)=S)C(=O)c1ccc2c(c1)OCCO2. The Hall–Kier alpha value is -1.82. The second-order valence-electron chi connectivity index (χ2n) is 4.55. The molecule has 0 aliphatic carbocycles. The smallest absolute Gasteiger partial charge is 0.254 e. The highest BCUT2D eigenvalue weighted by atomic mass is 32.1. The molecular formula is C14H18N2O3S. The number of rotatable bonds is 5. The van der Waals surface area contributed by atoms with Gasteiger partial charge in [0.25, 0.3) is 5.91 Å². The minimum absolute atomic E-state index is 0.100. The van der Waals surface area contributed by atoms with Crippen molar-refractivity contribution in [1.82, 2.24) is 4.90 Å². The third-order valence-electron chi connectivity index (χ3n) is 2.92. The van der Waals surface area contributed by atoms with E-state index in [1.165, 1.54) is 0 Å². The molecule has 0 unspecified atom stereocenters. The lowest BCUT2D eigenvalue weighted by atomic mass is 10.1. The van der Waals surface area contributed by atoms with Crippen molar-refractivity contribution in [2.45, 2.75) is 13.3 Å². The third-order valence-corrected chi connectivity index (χ3v) is 3.05. The zero-order chi connectivity index (χ0) is 14.5. The van der Waals surface area contributed by atoms with Crippen molar-refractivity contribution in [3.05, 3.63) is 23.8 Å². The summed E-state index contributed by atoms with van der Waals surface area (Å²) in [6, 6.07) is 5.20. The Balaban J connectivity index is 2.20. The van der Waals surface area contributed by atoms with Crippen LogP contribution in [0.2, 0.25) is 0 Å². The van der Waals surface area contributed by atoms with Gasteiger partial charge in [-0.05, 0) is 24.6 Å². The van der Waals surface area contributed by atoms with Crippen LogP contribution in [0.1, 0.15) is 23.7 Å². The molecule has 0 aromatic heterocycles. The number of amides is 1. The lowest BCUT2D eigenvalue weighted by Gasteiger charge is -2.23. The molecule has 1 aliphatic rings. The Labute approximate surface area is 123 Å². The minimum Gasteiger partial charge on any atom is -0.486 e. The molecule has 5 nitrogen and oxygen atoms in total. The van der Waals surface area contributed by atoms with Crippen LogP contribution in [0.3, 0.4) is 0 Å². The van der Waals surface area contributed by atoms with E-state index >= 15 is 0 Å². The Bertz CT molecular complexity index is 519. The minimum atomic E-state index is -0.100. The van der Waals surface area contributed by atoms with Crippen molar-refractivity contribution < 1.29 is 14.3 Å². The fraction of sp³-hybridized carbons (Fsp3) is 0.429. The average Bonchev–Trinajstić information content (AvgIpc) is 2.45. The molecule has 2 rings (SSSR count). The van der Waals surface area contributed by atoms with Gasteiger partial charge >= 0.3 is 0 Å². The molecule has 0 bridgehead atoms. The fourth-order valence-electron chi connectivity index (χ4n) is 2.07. The van der Waals surface area contributed by atoms with Gasteiger partial charge in [0, 0.05) is 12.1 Å². The summed E-state index contributed by atoms with van der Waals surface area (Å²) in [6.07, 6.45) is 0.846.